The van der Waals surface area contributed by atoms with Crippen molar-refractivity contribution < 1.29 is 18.9 Å². The number of rotatable bonds is 6. The fraction of sp³-hybridized carbons (Fsp3) is 0.200. The molecule has 0 saturated heterocycles. The zero-order valence-corrected chi connectivity index (χ0v) is 15.5. The molecule has 25 heavy (non-hydrogen) atoms. The van der Waals surface area contributed by atoms with Crippen LogP contribution in [0.5, 0.6) is 23.0 Å². The van der Waals surface area contributed by atoms with Crippen molar-refractivity contribution in [1.82, 2.24) is 0 Å². The number of benzene rings is 2. The summed E-state index contributed by atoms with van der Waals surface area (Å²) in [6.45, 7) is 0. The summed E-state index contributed by atoms with van der Waals surface area (Å²) in [6.07, 6.45) is 0. The van der Waals surface area contributed by atoms with E-state index in [-0.39, 0.29) is 0 Å². The molecule has 3 rings (SSSR count). The van der Waals surface area contributed by atoms with E-state index in [9.17, 15) is 0 Å². The van der Waals surface area contributed by atoms with E-state index >= 15 is 0 Å². The Morgan fingerprint density at radius 1 is 0.680 bits per heavy atom. The van der Waals surface area contributed by atoms with E-state index in [4.69, 9.17) is 18.9 Å². The van der Waals surface area contributed by atoms with Crippen LogP contribution in [-0.4, -0.2) is 28.4 Å². The molecule has 0 saturated carbocycles. The maximum atomic E-state index is 5.48. The molecule has 0 aliphatic rings. The molecule has 0 amide bonds. The summed E-state index contributed by atoms with van der Waals surface area (Å²) in [5.41, 5.74) is 3.31. The van der Waals surface area contributed by atoms with Gasteiger partial charge in [0.05, 0.1) is 28.4 Å². The third kappa shape index (κ3) is 3.28. The van der Waals surface area contributed by atoms with Gasteiger partial charge in [-0.05, 0) is 46.8 Å². The zero-order valence-electron chi connectivity index (χ0n) is 14.7. The standard InChI is InChI=1S/C20H20O4S/c1-21-15-7-5-13(6-8-15)16-9-10-25-20(16)14-11-17(22-2)19(24-4)18(12-14)23-3/h5-12H,1-4H3. The quantitative estimate of drug-likeness (QED) is 0.614. The number of ether oxygens (including phenoxy) is 4. The van der Waals surface area contributed by atoms with Gasteiger partial charge in [-0.1, -0.05) is 12.1 Å². The minimum Gasteiger partial charge on any atom is -0.497 e. The van der Waals surface area contributed by atoms with E-state index in [1.54, 1.807) is 39.8 Å². The lowest BCUT2D eigenvalue weighted by atomic mass is 10.0. The van der Waals surface area contributed by atoms with Gasteiger partial charge in [-0.2, -0.15) is 0 Å². The van der Waals surface area contributed by atoms with Crippen LogP contribution in [0.4, 0.5) is 0 Å². The molecule has 0 N–H and O–H groups in total. The maximum Gasteiger partial charge on any atom is 0.203 e. The smallest absolute Gasteiger partial charge is 0.203 e. The van der Waals surface area contributed by atoms with Crippen molar-refractivity contribution in [2.75, 3.05) is 28.4 Å². The molecule has 0 unspecified atom stereocenters. The Morgan fingerprint density at radius 2 is 1.32 bits per heavy atom. The van der Waals surface area contributed by atoms with E-state index < -0.39 is 0 Å². The first kappa shape index (κ1) is 17.2. The predicted octanol–water partition coefficient (Wildman–Crippen LogP) is 5.12. The Kier molecular flexibility index (Phi) is 5.14. The molecular formula is C20H20O4S. The molecular weight excluding hydrogens is 336 g/mol. The first-order valence-electron chi connectivity index (χ1n) is 7.74. The Bertz CT molecular complexity index is 827. The average Bonchev–Trinajstić information content (AvgIpc) is 3.16. The fourth-order valence-electron chi connectivity index (χ4n) is 2.74. The molecule has 4 nitrogen and oxygen atoms in total. The van der Waals surface area contributed by atoms with Gasteiger partial charge in [-0.15, -0.1) is 11.3 Å². The highest BCUT2D eigenvalue weighted by molar-refractivity contribution is 7.14. The van der Waals surface area contributed by atoms with Crippen LogP contribution < -0.4 is 18.9 Å². The van der Waals surface area contributed by atoms with Crippen molar-refractivity contribution in [3.8, 4) is 44.6 Å². The second kappa shape index (κ2) is 7.49. The van der Waals surface area contributed by atoms with E-state index in [2.05, 4.69) is 23.6 Å². The second-order valence-electron chi connectivity index (χ2n) is 5.31. The van der Waals surface area contributed by atoms with Gasteiger partial charge < -0.3 is 18.9 Å². The van der Waals surface area contributed by atoms with E-state index in [0.717, 1.165) is 27.3 Å². The lowest BCUT2D eigenvalue weighted by molar-refractivity contribution is 0.324. The Labute approximate surface area is 151 Å². The second-order valence-corrected chi connectivity index (χ2v) is 6.22. The van der Waals surface area contributed by atoms with Gasteiger partial charge in [0, 0.05) is 10.4 Å². The summed E-state index contributed by atoms with van der Waals surface area (Å²) in [7, 11) is 6.52. The van der Waals surface area contributed by atoms with Gasteiger partial charge in [-0.25, -0.2) is 0 Å². The van der Waals surface area contributed by atoms with E-state index in [1.807, 2.05) is 24.3 Å². The number of hydrogen-bond acceptors (Lipinski definition) is 5. The molecule has 130 valence electrons. The predicted molar refractivity (Wildman–Crippen MR) is 101 cm³/mol. The van der Waals surface area contributed by atoms with Crippen LogP contribution >= 0.6 is 11.3 Å². The van der Waals surface area contributed by atoms with Gasteiger partial charge in [0.1, 0.15) is 5.75 Å². The highest BCUT2D eigenvalue weighted by Crippen LogP contribution is 2.45. The average molecular weight is 356 g/mol. The van der Waals surface area contributed by atoms with Gasteiger partial charge in [0.2, 0.25) is 5.75 Å². The number of hydrogen-bond donors (Lipinski definition) is 0. The van der Waals surface area contributed by atoms with Gasteiger partial charge >= 0.3 is 0 Å². The Balaban J connectivity index is 2.10. The number of methoxy groups -OCH3 is 4. The third-order valence-electron chi connectivity index (χ3n) is 3.99. The molecule has 0 spiro atoms. The van der Waals surface area contributed by atoms with Crippen molar-refractivity contribution in [2.45, 2.75) is 0 Å². The first-order valence-corrected chi connectivity index (χ1v) is 8.62. The summed E-state index contributed by atoms with van der Waals surface area (Å²) < 4.78 is 21.6. The molecule has 3 aromatic rings. The summed E-state index contributed by atoms with van der Waals surface area (Å²) >= 11 is 1.68. The molecule has 0 aliphatic carbocycles. The van der Waals surface area contributed by atoms with Crippen LogP contribution in [0.25, 0.3) is 21.6 Å². The Morgan fingerprint density at radius 3 is 1.84 bits per heavy atom. The van der Waals surface area contributed by atoms with E-state index in [0.29, 0.717) is 17.2 Å². The molecule has 1 aromatic heterocycles. The lowest BCUT2D eigenvalue weighted by Crippen LogP contribution is -1.95. The van der Waals surface area contributed by atoms with Crippen LogP contribution in [-0.2, 0) is 0 Å². The highest BCUT2D eigenvalue weighted by Gasteiger charge is 2.17. The molecule has 0 fully saturated rings. The number of thiophene rings is 1. The SMILES string of the molecule is COc1ccc(-c2ccsc2-c2cc(OC)c(OC)c(OC)c2)cc1. The molecule has 0 radical (unpaired) electrons. The van der Waals surface area contributed by atoms with Crippen LogP contribution in [0.2, 0.25) is 0 Å². The summed E-state index contributed by atoms with van der Waals surface area (Å²) in [4.78, 5) is 1.14. The first-order chi connectivity index (χ1) is 12.2. The van der Waals surface area contributed by atoms with Crippen molar-refractivity contribution in [3.05, 3.63) is 47.8 Å². The van der Waals surface area contributed by atoms with Crippen molar-refractivity contribution in [1.29, 1.82) is 0 Å². The largest absolute Gasteiger partial charge is 0.497 e. The van der Waals surface area contributed by atoms with Crippen LogP contribution in [0.15, 0.2) is 47.8 Å². The van der Waals surface area contributed by atoms with Gasteiger partial charge in [-0.3, -0.25) is 0 Å². The maximum absolute atomic E-state index is 5.48. The summed E-state index contributed by atoms with van der Waals surface area (Å²) in [5, 5.41) is 2.08. The zero-order chi connectivity index (χ0) is 17.8. The molecule has 0 aliphatic heterocycles. The molecule has 5 heteroatoms. The minimum absolute atomic E-state index is 0.594. The molecule has 0 atom stereocenters. The molecule has 2 aromatic carbocycles. The third-order valence-corrected chi connectivity index (χ3v) is 4.96. The topological polar surface area (TPSA) is 36.9 Å². The minimum atomic E-state index is 0.594. The highest BCUT2D eigenvalue weighted by atomic mass is 32.1. The van der Waals surface area contributed by atoms with Crippen molar-refractivity contribution >= 4 is 11.3 Å². The van der Waals surface area contributed by atoms with Crippen LogP contribution in [0.1, 0.15) is 0 Å². The van der Waals surface area contributed by atoms with Crippen molar-refractivity contribution in [3.63, 3.8) is 0 Å². The van der Waals surface area contributed by atoms with Crippen molar-refractivity contribution in [2.24, 2.45) is 0 Å². The summed E-state index contributed by atoms with van der Waals surface area (Å²) in [6, 6.07) is 14.1. The van der Waals surface area contributed by atoms with E-state index in [1.165, 1.54) is 0 Å². The fourth-order valence-corrected chi connectivity index (χ4v) is 3.65. The summed E-state index contributed by atoms with van der Waals surface area (Å²) in [5.74, 6) is 2.72. The van der Waals surface area contributed by atoms with Gasteiger partial charge in [0.15, 0.2) is 11.5 Å². The van der Waals surface area contributed by atoms with Crippen LogP contribution in [0.3, 0.4) is 0 Å². The normalized spacial score (nSPS) is 10.4. The lowest BCUT2D eigenvalue weighted by Gasteiger charge is -2.14. The van der Waals surface area contributed by atoms with Gasteiger partial charge in [0.25, 0.3) is 0 Å². The molecule has 0 bridgehead atoms. The van der Waals surface area contributed by atoms with Crippen LogP contribution in [0, 0.1) is 0 Å². The monoisotopic (exact) mass is 356 g/mol. The Hall–Kier alpha value is -2.66. The molecule has 1 heterocycles.